The number of halogens is 3. The number of rotatable bonds is 4. The summed E-state index contributed by atoms with van der Waals surface area (Å²) >= 11 is 0. The number of anilines is 1. The lowest BCUT2D eigenvalue weighted by Crippen LogP contribution is -2.50. The zero-order valence-electron chi connectivity index (χ0n) is 15.6. The third-order valence-electron chi connectivity index (χ3n) is 5.13. The van der Waals surface area contributed by atoms with Crippen LogP contribution in [0.5, 0.6) is 0 Å². The van der Waals surface area contributed by atoms with Crippen LogP contribution in [0.25, 0.3) is 0 Å². The van der Waals surface area contributed by atoms with Gasteiger partial charge in [0.25, 0.3) is 0 Å². The van der Waals surface area contributed by atoms with Crippen LogP contribution in [0.15, 0.2) is 48.5 Å². The molecule has 0 bridgehead atoms. The van der Waals surface area contributed by atoms with E-state index in [1.807, 2.05) is 31.2 Å². The number of piperidine rings is 1. The summed E-state index contributed by atoms with van der Waals surface area (Å²) in [5.74, 6) is 0. The standard InChI is InChI=1S/C21H23F3N2O2/c1-15-3-2-4-19(13-15)26(18-9-11-25(12-10-18)20(27)28)14-16-5-7-17(8-6-16)21(22,23)24/h2-8,13,18H,9-12,14H2,1H3,(H,27,28)/p-1. The zero-order valence-corrected chi connectivity index (χ0v) is 15.6. The zero-order chi connectivity index (χ0) is 20.3. The molecule has 2 aromatic rings. The number of likely N-dealkylation sites (tertiary alicyclic amines) is 1. The van der Waals surface area contributed by atoms with Gasteiger partial charge in [0, 0.05) is 31.4 Å². The molecule has 0 spiro atoms. The highest BCUT2D eigenvalue weighted by Gasteiger charge is 2.30. The van der Waals surface area contributed by atoms with E-state index in [0.717, 1.165) is 28.9 Å². The van der Waals surface area contributed by atoms with Gasteiger partial charge in [0.15, 0.2) is 0 Å². The number of carbonyl (C=O) groups is 1. The maximum atomic E-state index is 12.8. The molecule has 0 N–H and O–H groups in total. The second-order valence-corrected chi connectivity index (χ2v) is 7.15. The van der Waals surface area contributed by atoms with Gasteiger partial charge in [0.05, 0.1) is 5.56 Å². The molecular formula is C21H22F3N2O2-. The normalized spacial score (nSPS) is 15.5. The Morgan fingerprint density at radius 2 is 1.79 bits per heavy atom. The summed E-state index contributed by atoms with van der Waals surface area (Å²) in [6.07, 6.45) is -4.24. The lowest BCUT2D eigenvalue weighted by Gasteiger charge is -2.41. The first-order valence-corrected chi connectivity index (χ1v) is 9.19. The number of hydrogen-bond donors (Lipinski definition) is 0. The van der Waals surface area contributed by atoms with Crippen molar-refractivity contribution in [2.45, 2.75) is 38.5 Å². The largest absolute Gasteiger partial charge is 0.530 e. The summed E-state index contributed by atoms with van der Waals surface area (Å²) in [5, 5.41) is 11.1. The number of carboxylic acid groups (broad SMARTS) is 1. The highest BCUT2D eigenvalue weighted by molar-refractivity contribution is 5.62. The van der Waals surface area contributed by atoms with E-state index in [2.05, 4.69) is 4.90 Å². The highest BCUT2D eigenvalue weighted by Crippen LogP contribution is 2.30. The third kappa shape index (κ3) is 4.77. The van der Waals surface area contributed by atoms with Gasteiger partial charge in [0.1, 0.15) is 6.09 Å². The van der Waals surface area contributed by atoms with Crippen molar-refractivity contribution in [3.8, 4) is 0 Å². The van der Waals surface area contributed by atoms with E-state index >= 15 is 0 Å². The van der Waals surface area contributed by atoms with Gasteiger partial charge in [0.2, 0.25) is 0 Å². The number of aryl methyl sites for hydroxylation is 1. The van der Waals surface area contributed by atoms with E-state index in [-0.39, 0.29) is 6.04 Å². The van der Waals surface area contributed by atoms with Gasteiger partial charge in [-0.25, -0.2) is 0 Å². The molecule has 0 saturated carbocycles. The first-order chi connectivity index (χ1) is 13.2. The highest BCUT2D eigenvalue weighted by atomic mass is 19.4. The van der Waals surface area contributed by atoms with Gasteiger partial charge in [-0.3, -0.25) is 0 Å². The third-order valence-corrected chi connectivity index (χ3v) is 5.13. The van der Waals surface area contributed by atoms with Crippen molar-refractivity contribution in [3.63, 3.8) is 0 Å². The van der Waals surface area contributed by atoms with Gasteiger partial charge in [-0.2, -0.15) is 13.2 Å². The molecular weight excluding hydrogens is 369 g/mol. The first-order valence-electron chi connectivity index (χ1n) is 9.19. The molecule has 1 aliphatic rings. The number of hydrogen-bond acceptors (Lipinski definition) is 3. The minimum atomic E-state index is -4.35. The number of benzene rings is 2. The van der Waals surface area contributed by atoms with Gasteiger partial charge in [-0.05, 0) is 55.2 Å². The Morgan fingerprint density at radius 1 is 1.14 bits per heavy atom. The Balaban J connectivity index is 1.82. The smallest absolute Gasteiger partial charge is 0.416 e. The quantitative estimate of drug-likeness (QED) is 0.796. The van der Waals surface area contributed by atoms with E-state index < -0.39 is 17.8 Å². The fourth-order valence-electron chi connectivity index (χ4n) is 3.59. The predicted octanol–water partition coefficient (Wildman–Crippen LogP) is 3.83. The minimum Gasteiger partial charge on any atom is -0.530 e. The van der Waals surface area contributed by atoms with E-state index in [9.17, 15) is 23.1 Å². The minimum absolute atomic E-state index is 0.0969. The van der Waals surface area contributed by atoms with Crippen LogP contribution < -0.4 is 10.0 Å². The van der Waals surface area contributed by atoms with Gasteiger partial charge in [-0.15, -0.1) is 0 Å². The molecule has 7 heteroatoms. The van der Waals surface area contributed by atoms with Crippen LogP contribution in [0.4, 0.5) is 23.7 Å². The van der Waals surface area contributed by atoms with Crippen molar-refractivity contribution in [1.29, 1.82) is 0 Å². The van der Waals surface area contributed by atoms with Crippen LogP contribution in [-0.4, -0.2) is 30.1 Å². The molecule has 0 unspecified atom stereocenters. The molecule has 0 radical (unpaired) electrons. The van der Waals surface area contributed by atoms with Crippen LogP contribution in [0, 0.1) is 6.92 Å². The maximum Gasteiger partial charge on any atom is 0.416 e. The molecule has 150 valence electrons. The SMILES string of the molecule is Cc1cccc(N(Cc2ccc(C(F)(F)F)cc2)C2CCN(C(=O)[O-])CC2)c1. The second-order valence-electron chi connectivity index (χ2n) is 7.15. The first kappa shape index (κ1) is 20.0. The number of alkyl halides is 3. The molecule has 0 aromatic heterocycles. The van der Waals surface area contributed by atoms with Crippen molar-refractivity contribution >= 4 is 11.8 Å². The summed E-state index contributed by atoms with van der Waals surface area (Å²) in [6.45, 7) is 3.22. The molecule has 4 nitrogen and oxygen atoms in total. The number of amides is 1. The molecule has 0 atom stereocenters. The lowest BCUT2D eigenvalue weighted by molar-refractivity contribution is -0.266. The molecule has 2 aromatic carbocycles. The second kappa shape index (κ2) is 8.12. The Kier molecular flexibility index (Phi) is 5.82. The van der Waals surface area contributed by atoms with Gasteiger partial charge < -0.3 is 19.7 Å². The molecule has 0 aliphatic carbocycles. The molecule has 1 fully saturated rings. The van der Waals surface area contributed by atoms with Crippen LogP contribution in [0.2, 0.25) is 0 Å². The lowest BCUT2D eigenvalue weighted by atomic mass is 10.0. The Morgan fingerprint density at radius 3 is 2.32 bits per heavy atom. The summed E-state index contributed by atoms with van der Waals surface area (Å²) in [6, 6.07) is 13.2. The summed E-state index contributed by atoms with van der Waals surface area (Å²) < 4.78 is 38.4. The molecule has 1 heterocycles. The van der Waals surface area contributed by atoms with Crippen molar-refractivity contribution in [3.05, 3.63) is 65.2 Å². The average Bonchev–Trinajstić information content (AvgIpc) is 2.66. The van der Waals surface area contributed by atoms with Crippen LogP contribution >= 0.6 is 0 Å². The maximum absolute atomic E-state index is 12.8. The molecule has 1 aliphatic heterocycles. The fraction of sp³-hybridized carbons (Fsp3) is 0.381. The van der Waals surface area contributed by atoms with Crippen LogP contribution in [0.3, 0.4) is 0 Å². The van der Waals surface area contributed by atoms with Crippen LogP contribution in [0.1, 0.15) is 29.5 Å². The number of nitrogens with zero attached hydrogens (tertiary/aromatic N) is 2. The molecule has 28 heavy (non-hydrogen) atoms. The van der Waals surface area contributed by atoms with Gasteiger partial charge in [-0.1, -0.05) is 24.3 Å². The number of carbonyl (C=O) groups excluding carboxylic acids is 1. The predicted molar refractivity (Wildman–Crippen MR) is 98.8 cm³/mol. The molecule has 1 saturated heterocycles. The fourth-order valence-corrected chi connectivity index (χ4v) is 3.59. The monoisotopic (exact) mass is 391 g/mol. The van der Waals surface area contributed by atoms with Crippen molar-refractivity contribution in [2.24, 2.45) is 0 Å². The Bertz CT molecular complexity index is 813. The summed E-state index contributed by atoms with van der Waals surface area (Å²) in [4.78, 5) is 14.5. The van der Waals surface area contributed by atoms with E-state index in [0.29, 0.717) is 32.5 Å². The van der Waals surface area contributed by atoms with E-state index in [1.54, 1.807) is 0 Å². The average molecular weight is 391 g/mol. The summed E-state index contributed by atoms with van der Waals surface area (Å²) in [5.41, 5.74) is 2.17. The summed E-state index contributed by atoms with van der Waals surface area (Å²) in [7, 11) is 0. The van der Waals surface area contributed by atoms with E-state index in [1.165, 1.54) is 17.0 Å². The van der Waals surface area contributed by atoms with Crippen molar-refractivity contribution in [2.75, 3.05) is 18.0 Å². The van der Waals surface area contributed by atoms with Crippen molar-refractivity contribution < 1.29 is 23.1 Å². The topological polar surface area (TPSA) is 46.6 Å². The van der Waals surface area contributed by atoms with E-state index in [4.69, 9.17) is 0 Å². The van der Waals surface area contributed by atoms with Gasteiger partial charge >= 0.3 is 6.18 Å². The van der Waals surface area contributed by atoms with Crippen molar-refractivity contribution in [1.82, 2.24) is 4.90 Å². The van der Waals surface area contributed by atoms with Crippen LogP contribution in [-0.2, 0) is 12.7 Å². The Labute approximate surface area is 162 Å². The Hall–Kier alpha value is -2.70. The molecule has 3 rings (SSSR count). The molecule has 1 amide bonds.